The Bertz CT molecular complexity index is 1350. The molecule has 0 unspecified atom stereocenters. The minimum absolute atomic E-state index is 0.151. The predicted molar refractivity (Wildman–Crippen MR) is 101 cm³/mol. The Morgan fingerprint density at radius 3 is 2.68 bits per heavy atom. The number of oxazole rings is 1. The molecule has 0 aliphatic carbocycles. The predicted octanol–water partition coefficient (Wildman–Crippen LogP) is 1.12. The highest BCUT2D eigenvalue weighted by Crippen LogP contribution is 2.25. The lowest BCUT2D eigenvalue weighted by Crippen LogP contribution is -2.29. The van der Waals surface area contributed by atoms with Gasteiger partial charge in [0, 0.05) is 19.7 Å². The molecule has 0 spiro atoms. The maximum atomic E-state index is 12.2. The van der Waals surface area contributed by atoms with Crippen LogP contribution in [0.5, 0.6) is 0 Å². The van der Waals surface area contributed by atoms with Gasteiger partial charge in [-0.1, -0.05) is 12.1 Å². The van der Waals surface area contributed by atoms with Crippen molar-refractivity contribution >= 4 is 39.9 Å². The lowest BCUT2D eigenvalue weighted by Gasteiger charge is -2.01. The number of aromatic nitrogens is 5. The molecule has 4 aromatic rings. The Balaban J connectivity index is 1.94. The number of para-hydroxylation sites is 2. The van der Waals surface area contributed by atoms with Crippen LogP contribution in [0.15, 0.2) is 38.3 Å². The molecule has 10 heteroatoms. The van der Waals surface area contributed by atoms with Crippen molar-refractivity contribution in [3.63, 3.8) is 0 Å². The van der Waals surface area contributed by atoms with Crippen LogP contribution in [0.1, 0.15) is 18.1 Å². The maximum absolute atomic E-state index is 12.2. The molecule has 0 bridgehead atoms. The quantitative estimate of drug-likeness (QED) is 0.540. The van der Waals surface area contributed by atoms with Gasteiger partial charge in [0.25, 0.3) is 5.56 Å². The second kappa shape index (κ2) is 6.34. The zero-order valence-corrected chi connectivity index (χ0v) is 15.0. The van der Waals surface area contributed by atoms with Crippen LogP contribution in [0.4, 0.5) is 0 Å². The summed E-state index contributed by atoms with van der Waals surface area (Å²) in [4.78, 5) is 46.2. The van der Waals surface area contributed by atoms with Crippen LogP contribution >= 0.6 is 0 Å². The van der Waals surface area contributed by atoms with Crippen molar-refractivity contribution in [3.05, 3.63) is 56.8 Å². The highest BCUT2D eigenvalue weighted by Gasteiger charge is 2.18. The first kappa shape index (κ1) is 17.5. The number of rotatable bonds is 4. The number of aliphatic carboxylic acids is 1. The zero-order valence-electron chi connectivity index (χ0n) is 15.0. The standard InChI is InChI=1S/C18H15N5O5/c1-22-12(20-15-14(22)16(26)21-18(27)23(15)2)7-9(8-13(24)25)17-19-10-5-3-4-6-11(10)28-17/h3-7H,8H2,1-2H3,(H,24,25)(H,21,26,27)/b9-7+. The van der Waals surface area contributed by atoms with Crippen LogP contribution in [-0.2, 0) is 18.9 Å². The third kappa shape index (κ3) is 2.80. The first-order valence-corrected chi connectivity index (χ1v) is 8.29. The van der Waals surface area contributed by atoms with E-state index in [1.807, 2.05) is 0 Å². The van der Waals surface area contributed by atoms with Crippen LogP contribution in [0.2, 0.25) is 0 Å². The summed E-state index contributed by atoms with van der Waals surface area (Å²) in [6.07, 6.45) is 1.13. The van der Waals surface area contributed by atoms with E-state index >= 15 is 0 Å². The van der Waals surface area contributed by atoms with Gasteiger partial charge in [0.2, 0.25) is 5.89 Å². The first-order chi connectivity index (χ1) is 13.3. The molecule has 0 saturated heterocycles. The monoisotopic (exact) mass is 381 g/mol. The normalized spacial score (nSPS) is 12.1. The number of hydrogen-bond donors (Lipinski definition) is 2. The van der Waals surface area contributed by atoms with Gasteiger partial charge in [-0.3, -0.25) is 19.1 Å². The Hall–Kier alpha value is -3.95. The van der Waals surface area contributed by atoms with Crippen LogP contribution < -0.4 is 11.2 Å². The molecule has 142 valence electrons. The topological polar surface area (TPSA) is 136 Å². The van der Waals surface area contributed by atoms with Crippen molar-refractivity contribution in [2.75, 3.05) is 0 Å². The van der Waals surface area contributed by atoms with Gasteiger partial charge >= 0.3 is 11.7 Å². The van der Waals surface area contributed by atoms with E-state index in [0.29, 0.717) is 16.9 Å². The van der Waals surface area contributed by atoms with E-state index in [1.54, 1.807) is 31.3 Å². The van der Waals surface area contributed by atoms with Gasteiger partial charge in [-0.15, -0.1) is 0 Å². The van der Waals surface area contributed by atoms with Gasteiger partial charge in [-0.2, -0.15) is 0 Å². The Kier molecular flexibility index (Phi) is 3.95. The maximum Gasteiger partial charge on any atom is 0.329 e. The van der Waals surface area contributed by atoms with Crippen LogP contribution in [-0.4, -0.2) is 35.2 Å². The fourth-order valence-electron chi connectivity index (χ4n) is 2.97. The zero-order chi connectivity index (χ0) is 20.0. The summed E-state index contributed by atoms with van der Waals surface area (Å²) >= 11 is 0. The first-order valence-electron chi connectivity index (χ1n) is 8.29. The number of aryl methyl sites for hydroxylation is 2. The summed E-state index contributed by atoms with van der Waals surface area (Å²) in [6, 6.07) is 7.07. The third-order valence-corrected chi connectivity index (χ3v) is 4.38. The summed E-state index contributed by atoms with van der Waals surface area (Å²) in [5, 5.41) is 9.29. The molecule has 0 fully saturated rings. The summed E-state index contributed by atoms with van der Waals surface area (Å²) in [5.74, 6) is -0.629. The Morgan fingerprint density at radius 1 is 1.21 bits per heavy atom. The molecule has 0 amide bonds. The molecule has 0 radical (unpaired) electrons. The molecular weight excluding hydrogens is 366 g/mol. The van der Waals surface area contributed by atoms with Crippen molar-refractivity contribution < 1.29 is 14.3 Å². The number of imidazole rings is 1. The molecule has 4 rings (SSSR count). The number of H-pyrrole nitrogens is 1. The molecule has 0 saturated carbocycles. The average Bonchev–Trinajstić information content (AvgIpc) is 3.21. The number of nitrogens with zero attached hydrogens (tertiary/aromatic N) is 4. The minimum Gasteiger partial charge on any atom is -0.481 e. The summed E-state index contributed by atoms with van der Waals surface area (Å²) in [7, 11) is 3.09. The average molecular weight is 381 g/mol. The van der Waals surface area contributed by atoms with E-state index in [-0.39, 0.29) is 29.0 Å². The van der Waals surface area contributed by atoms with Crippen molar-refractivity contribution in [2.45, 2.75) is 6.42 Å². The number of hydrogen-bond acceptors (Lipinski definition) is 6. The van der Waals surface area contributed by atoms with Crippen molar-refractivity contribution in [1.29, 1.82) is 0 Å². The second-order valence-electron chi connectivity index (χ2n) is 6.25. The molecule has 10 nitrogen and oxygen atoms in total. The van der Waals surface area contributed by atoms with E-state index in [4.69, 9.17) is 4.42 Å². The van der Waals surface area contributed by atoms with Crippen LogP contribution in [0.3, 0.4) is 0 Å². The molecule has 0 aliphatic heterocycles. The van der Waals surface area contributed by atoms with Crippen LogP contribution in [0, 0.1) is 0 Å². The molecule has 0 aliphatic rings. The highest BCUT2D eigenvalue weighted by atomic mass is 16.4. The number of carboxylic acid groups (broad SMARTS) is 1. The molecule has 28 heavy (non-hydrogen) atoms. The molecule has 3 heterocycles. The minimum atomic E-state index is -1.07. The number of carboxylic acids is 1. The summed E-state index contributed by atoms with van der Waals surface area (Å²) in [5.41, 5.74) is 0.624. The fourth-order valence-corrected chi connectivity index (χ4v) is 2.97. The van der Waals surface area contributed by atoms with Crippen molar-refractivity contribution in [3.8, 4) is 0 Å². The number of fused-ring (bicyclic) bond motifs is 2. The SMILES string of the molecule is Cn1c(/C=C(\CC(=O)O)c2nc3ccccc3o2)nc2c1c(=O)[nH]c(=O)n2C. The van der Waals surface area contributed by atoms with Gasteiger partial charge in [0.15, 0.2) is 16.7 Å². The lowest BCUT2D eigenvalue weighted by molar-refractivity contribution is -0.135. The van der Waals surface area contributed by atoms with Gasteiger partial charge in [0.1, 0.15) is 11.3 Å². The van der Waals surface area contributed by atoms with E-state index in [0.717, 1.165) is 0 Å². The van der Waals surface area contributed by atoms with E-state index in [1.165, 1.54) is 22.3 Å². The number of carbonyl (C=O) groups is 1. The van der Waals surface area contributed by atoms with E-state index < -0.39 is 17.2 Å². The van der Waals surface area contributed by atoms with E-state index in [2.05, 4.69) is 15.0 Å². The highest BCUT2D eigenvalue weighted by molar-refractivity contribution is 5.91. The van der Waals surface area contributed by atoms with Gasteiger partial charge in [0.05, 0.1) is 6.42 Å². The molecular formula is C18H15N5O5. The van der Waals surface area contributed by atoms with Gasteiger partial charge in [-0.25, -0.2) is 14.8 Å². The number of aromatic amines is 1. The molecule has 1 aromatic carbocycles. The Morgan fingerprint density at radius 2 is 1.96 bits per heavy atom. The third-order valence-electron chi connectivity index (χ3n) is 4.38. The van der Waals surface area contributed by atoms with Gasteiger partial charge < -0.3 is 14.1 Å². The molecule has 0 atom stereocenters. The molecule has 3 aromatic heterocycles. The Labute approximate surface area is 156 Å². The van der Waals surface area contributed by atoms with Gasteiger partial charge in [-0.05, 0) is 18.2 Å². The van der Waals surface area contributed by atoms with Crippen molar-refractivity contribution in [1.82, 2.24) is 24.1 Å². The molecule has 2 N–H and O–H groups in total. The fraction of sp³-hybridized carbons (Fsp3) is 0.167. The van der Waals surface area contributed by atoms with Crippen molar-refractivity contribution in [2.24, 2.45) is 14.1 Å². The lowest BCUT2D eigenvalue weighted by atomic mass is 10.1. The number of nitrogens with one attached hydrogen (secondary N) is 1. The number of benzene rings is 1. The largest absolute Gasteiger partial charge is 0.481 e. The van der Waals surface area contributed by atoms with Crippen LogP contribution in [0.25, 0.3) is 33.9 Å². The summed E-state index contributed by atoms with van der Waals surface area (Å²) < 4.78 is 8.38. The second-order valence-corrected chi connectivity index (χ2v) is 6.25. The smallest absolute Gasteiger partial charge is 0.329 e. The summed E-state index contributed by atoms with van der Waals surface area (Å²) in [6.45, 7) is 0. The van der Waals surface area contributed by atoms with E-state index in [9.17, 15) is 19.5 Å².